The van der Waals surface area contributed by atoms with Crippen LogP contribution in [0.5, 0.6) is 0 Å². The molecule has 0 fully saturated rings. The van der Waals surface area contributed by atoms with Gasteiger partial charge in [-0.05, 0) is 43.7 Å². The van der Waals surface area contributed by atoms with Crippen molar-refractivity contribution in [2.45, 2.75) is 18.2 Å². The van der Waals surface area contributed by atoms with Crippen molar-refractivity contribution in [3.8, 4) is 0 Å². The lowest BCUT2D eigenvalue weighted by Crippen LogP contribution is -2.25. The van der Waals surface area contributed by atoms with Gasteiger partial charge in [0.15, 0.2) is 0 Å². The largest absolute Gasteiger partial charge is 0.382 e. The second-order valence-electron chi connectivity index (χ2n) is 6.17. The third-order valence-electron chi connectivity index (χ3n) is 4.13. The van der Waals surface area contributed by atoms with E-state index in [4.69, 9.17) is 16.3 Å². The maximum Gasteiger partial charge on any atom is 0.267 e. The molecule has 2 N–H and O–H groups in total. The minimum Gasteiger partial charge on any atom is -0.382 e. The summed E-state index contributed by atoms with van der Waals surface area (Å²) < 4.78 is 33.3. The number of benzene rings is 2. The molecule has 3 rings (SSSR count). The molecular weight excluding hydrogens is 432 g/mol. The first-order valence-corrected chi connectivity index (χ1v) is 11.8. The number of thiophene rings is 1. The molecule has 3 aromatic rings. The molecule has 0 aliphatic heterocycles. The summed E-state index contributed by atoms with van der Waals surface area (Å²) in [5.41, 5.74) is 0.485. The van der Waals surface area contributed by atoms with Crippen molar-refractivity contribution in [3.63, 3.8) is 0 Å². The molecule has 0 bridgehead atoms. The number of halogens is 1. The van der Waals surface area contributed by atoms with Crippen LogP contribution in [-0.2, 0) is 14.8 Å². The Kier molecular flexibility index (Phi) is 7.26. The van der Waals surface area contributed by atoms with Gasteiger partial charge in [-0.2, -0.15) is 0 Å². The SMILES string of the molecule is CCOCCCNS(=O)(=O)c1ccc(NC(=O)c2sc3ccccc3c2Cl)cc1. The van der Waals surface area contributed by atoms with E-state index in [1.165, 1.54) is 23.5 Å². The Morgan fingerprint density at radius 2 is 1.86 bits per heavy atom. The van der Waals surface area contributed by atoms with Crippen LogP contribution in [0.4, 0.5) is 5.69 Å². The summed E-state index contributed by atoms with van der Waals surface area (Å²) in [6.07, 6.45) is 0.594. The van der Waals surface area contributed by atoms with Gasteiger partial charge < -0.3 is 10.1 Å². The number of carbonyl (C=O) groups is 1. The summed E-state index contributed by atoms with van der Waals surface area (Å²) in [7, 11) is -3.61. The zero-order valence-electron chi connectivity index (χ0n) is 15.8. The first-order valence-electron chi connectivity index (χ1n) is 9.08. The maximum atomic E-state index is 12.6. The minimum atomic E-state index is -3.61. The molecule has 29 heavy (non-hydrogen) atoms. The smallest absolute Gasteiger partial charge is 0.267 e. The zero-order valence-corrected chi connectivity index (χ0v) is 18.2. The second-order valence-corrected chi connectivity index (χ2v) is 9.37. The number of amides is 1. The number of carbonyl (C=O) groups excluding carboxylic acids is 1. The molecule has 1 aromatic heterocycles. The van der Waals surface area contributed by atoms with E-state index >= 15 is 0 Å². The Morgan fingerprint density at radius 1 is 1.14 bits per heavy atom. The highest BCUT2D eigenvalue weighted by Crippen LogP contribution is 2.35. The van der Waals surface area contributed by atoms with Gasteiger partial charge in [0.2, 0.25) is 10.0 Å². The Hall–Kier alpha value is -1.97. The van der Waals surface area contributed by atoms with E-state index in [0.717, 1.165) is 10.1 Å². The van der Waals surface area contributed by atoms with Crippen LogP contribution in [0, 0.1) is 0 Å². The Bertz CT molecular complexity index is 1100. The molecule has 0 atom stereocenters. The van der Waals surface area contributed by atoms with Crippen molar-refractivity contribution in [1.29, 1.82) is 0 Å². The second kappa shape index (κ2) is 9.69. The lowest BCUT2D eigenvalue weighted by Gasteiger charge is -2.08. The van der Waals surface area contributed by atoms with Gasteiger partial charge in [-0.25, -0.2) is 13.1 Å². The van der Waals surface area contributed by atoms with Gasteiger partial charge >= 0.3 is 0 Å². The van der Waals surface area contributed by atoms with Gasteiger partial charge in [0.05, 0.1) is 9.92 Å². The van der Waals surface area contributed by atoms with Crippen LogP contribution in [-0.4, -0.2) is 34.1 Å². The van der Waals surface area contributed by atoms with Crippen molar-refractivity contribution < 1.29 is 17.9 Å². The molecule has 0 aliphatic carbocycles. The lowest BCUT2D eigenvalue weighted by atomic mass is 10.2. The molecule has 0 saturated heterocycles. The third-order valence-corrected chi connectivity index (χ3v) is 7.28. The molecule has 0 spiro atoms. The van der Waals surface area contributed by atoms with Crippen molar-refractivity contribution in [1.82, 2.24) is 4.72 Å². The quantitative estimate of drug-likeness (QED) is 0.468. The van der Waals surface area contributed by atoms with Crippen LogP contribution >= 0.6 is 22.9 Å². The molecule has 154 valence electrons. The summed E-state index contributed by atoms with van der Waals surface area (Å²) >= 11 is 7.65. The minimum absolute atomic E-state index is 0.131. The average Bonchev–Trinajstić information content (AvgIpc) is 3.05. The van der Waals surface area contributed by atoms with E-state index in [1.807, 2.05) is 31.2 Å². The molecule has 6 nitrogen and oxygen atoms in total. The topological polar surface area (TPSA) is 84.5 Å². The van der Waals surface area contributed by atoms with Gasteiger partial charge in [0, 0.05) is 35.5 Å². The van der Waals surface area contributed by atoms with Gasteiger partial charge in [-0.1, -0.05) is 29.8 Å². The van der Waals surface area contributed by atoms with Crippen molar-refractivity contribution in [3.05, 3.63) is 58.4 Å². The highest BCUT2D eigenvalue weighted by atomic mass is 35.5. The molecule has 2 aromatic carbocycles. The average molecular weight is 453 g/mol. The molecule has 0 unspecified atom stereocenters. The van der Waals surface area contributed by atoms with E-state index in [2.05, 4.69) is 10.0 Å². The van der Waals surface area contributed by atoms with Crippen LogP contribution in [0.25, 0.3) is 10.1 Å². The number of hydrogen-bond donors (Lipinski definition) is 2. The summed E-state index contributed by atoms with van der Waals surface area (Å²) in [6.45, 7) is 3.29. The molecular formula is C20H21ClN2O4S2. The molecule has 0 aliphatic rings. The third kappa shape index (κ3) is 5.34. The summed E-state index contributed by atoms with van der Waals surface area (Å²) in [6, 6.07) is 13.5. The first kappa shape index (κ1) is 21.7. The zero-order chi connectivity index (χ0) is 20.9. The van der Waals surface area contributed by atoms with E-state index < -0.39 is 10.0 Å². The van der Waals surface area contributed by atoms with Crippen LogP contribution < -0.4 is 10.0 Å². The van der Waals surface area contributed by atoms with E-state index in [9.17, 15) is 13.2 Å². The number of hydrogen-bond acceptors (Lipinski definition) is 5. The molecule has 9 heteroatoms. The van der Waals surface area contributed by atoms with E-state index in [0.29, 0.717) is 41.8 Å². The van der Waals surface area contributed by atoms with Gasteiger partial charge in [0.25, 0.3) is 5.91 Å². The summed E-state index contributed by atoms with van der Waals surface area (Å²) in [4.78, 5) is 13.1. The van der Waals surface area contributed by atoms with Crippen LogP contribution in [0.15, 0.2) is 53.4 Å². The summed E-state index contributed by atoms with van der Waals surface area (Å²) in [5.74, 6) is -0.333. The fourth-order valence-corrected chi connectivity index (χ4v) is 5.16. The summed E-state index contributed by atoms with van der Waals surface area (Å²) in [5, 5.41) is 4.01. The number of fused-ring (bicyclic) bond motifs is 1. The number of ether oxygens (including phenoxy) is 1. The number of anilines is 1. The fourth-order valence-electron chi connectivity index (χ4n) is 2.67. The van der Waals surface area contributed by atoms with Gasteiger partial charge in [-0.3, -0.25) is 4.79 Å². The highest BCUT2D eigenvalue weighted by Gasteiger charge is 2.18. The van der Waals surface area contributed by atoms with Gasteiger partial charge in [-0.15, -0.1) is 11.3 Å². The van der Waals surface area contributed by atoms with Crippen LogP contribution in [0.2, 0.25) is 5.02 Å². The van der Waals surface area contributed by atoms with Crippen molar-refractivity contribution in [2.75, 3.05) is 25.1 Å². The molecule has 1 heterocycles. The van der Waals surface area contributed by atoms with E-state index in [1.54, 1.807) is 12.1 Å². The monoisotopic (exact) mass is 452 g/mol. The Morgan fingerprint density at radius 3 is 2.55 bits per heavy atom. The number of rotatable bonds is 9. The Labute approximate surface area is 178 Å². The molecule has 1 amide bonds. The maximum absolute atomic E-state index is 12.6. The number of sulfonamides is 1. The predicted octanol–water partition coefficient (Wildman–Crippen LogP) is 4.51. The Balaban J connectivity index is 1.65. The fraction of sp³-hybridized carbons (Fsp3) is 0.250. The lowest BCUT2D eigenvalue weighted by molar-refractivity contribution is 0.103. The van der Waals surface area contributed by atoms with Crippen molar-refractivity contribution >= 4 is 54.6 Å². The van der Waals surface area contributed by atoms with E-state index in [-0.39, 0.29) is 10.8 Å². The van der Waals surface area contributed by atoms with Crippen LogP contribution in [0.1, 0.15) is 23.0 Å². The van der Waals surface area contributed by atoms with Gasteiger partial charge in [0.1, 0.15) is 4.88 Å². The normalized spacial score (nSPS) is 11.7. The van der Waals surface area contributed by atoms with Crippen molar-refractivity contribution in [2.24, 2.45) is 0 Å². The first-order chi connectivity index (χ1) is 13.9. The number of nitrogens with one attached hydrogen (secondary N) is 2. The molecule has 0 saturated carbocycles. The molecule has 0 radical (unpaired) electrons. The predicted molar refractivity (Wildman–Crippen MR) is 118 cm³/mol. The standard InChI is InChI=1S/C20H21ClN2O4S2/c1-2-27-13-5-12-22-29(25,26)15-10-8-14(9-11-15)23-20(24)19-18(21)16-6-3-4-7-17(16)28-19/h3-4,6-11,22H,2,5,12-13H2,1H3,(H,23,24). The van der Waals surface area contributed by atoms with Crippen LogP contribution in [0.3, 0.4) is 0 Å². The highest BCUT2D eigenvalue weighted by molar-refractivity contribution is 7.89.